The van der Waals surface area contributed by atoms with E-state index < -0.39 is 13.9 Å². The largest absolute Gasteiger partial charge is 0.472 e. The van der Waals surface area contributed by atoms with E-state index in [4.69, 9.17) is 24.3 Å². The van der Waals surface area contributed by atoms with E-state index >= 15 is 0 Å². The molecule has 0 aromatic heterocycles. The third-order valence-electron chi connectivity index (χ3n) is 7.27. The second-order valence-corrected chi connectivity index (χ2v) is 12.8. The molecule has 0 spiro atoms. The Balaban J connectivity index is 3.75. The van der Waals surface area contributed by atoms with Gasteiger partial charge in [0.25, 0.3) is 0 Å². The molecule has 0 aliphatic heterocycles. The molecule has 0 aromatic rings. The van der Waals surface area contributed by atoms with Crippen LogP contribution < -0.4 is 5.73 Å². The Bertz CT molecular complexity index is 609. The molecule has 9 heteroatoms. The summed E-state index contributed by atoms with van der Waals surface area (Å²) >= 11 is 0. The maximum Gasteiger partial charge on any atom is 0.472 e. The summed E-state index contributed by atoms with van der Waals surface area (Å²) in [5, 5.41) is 0. The molecule has 41 heavy (non-hydrogen) atoms. The van der Waals surface area contributed by atoms with Crippen molar-refractivity contribution in [2.24, 2.45) is 5.73 Å². The van der Waals surface area contributed by atoms with E-state index in [2.05, 4.69) is 13.8 Å². The Morgan fingerprint density at radius 3 is 1.54 bits per heavy atom. The summed E-state index contributed by atoms with van der Waals surface area (Å²) in [5.41, 5.74) is 5.30. The molecule has 0 saturated heterocycles. The lowest BCUT2D eigenvalue weighted by Gasteiger charge is -2.20. The molecule has 0 aliphatic rings. The fourth-order valence-corrected chi connectivity index (χ4v) is 5.53. The number of ether oxygens (including phenoxy) is 2. The van der Waals surface area contributed by atoms with Crippen LogP contribution in [0.15, 0.2) is 0 Å². The zero-order valence-electron chi connectivity index (χ0n) is 26.8. The normalized spacial score (nSPS) is 13.8. The first-order valence-corrected chi connectivity index (χ1v) is 18.5. The van der Waals surface area contributed by atoms with Gasteiger partial charge in [-0.15, -0.1) is 0 Å². The van der Waals surface area contributed by atoms with E-state index in [0.717, 1.165) is 32.1 Å². The number of rotatable bonds is 33. The van der Waals surface area contributed by atoms with E-state index in [1.165, 1.54) is 109 Å². The SMILES string of the molecule is CCCCCCCCCCCCCCCCCCCCCOCC(COP(=O)(O)OCCN)OC(=O)CCCCC. The van der Waals surface area contributed by atoms with Gasteiger partial charge in [-0.25, -0.2) is 4.57 Å². The van der Waals surface area contributed by atoms with Gasteiger partial charge in [0.15, 0.2) is 0 Å². The lowest BCUT2D eigenvalue weighted by Crippen LogP contribution is -2.28. The standard InChI is InChI=1S/C32H66NO7P/c1-3-5-7-8-9-10-11-12-13-14-15-16-17-18-19-20-21-22-24-27-37-29-31(40-32(34)25-23-6-4-2)30-39-41(35,36)38-28-26-33/h31H,3-30,33H2,1-2H3,(H,35,36). The van der Waals surface area contributed by atoms with Crippen molar-refractivity contribution in [3.8, 4) is 0 Å². The number of unbranched alkanes of at least 4 members (excludes halogenated alkanes) is 20. The molecule has 0 heterocycles. The van der Waals surface area contributed by atoms with Crippen LogP contribution in [0.4, 0.5) is 0 Å². The Labute approximate surface area is 252 Å². The average molecular weight is 608 g/mol. The fourth-order valence-electron chi connectivity index (χ4n) is 4.76. The lowest BCUT2D eigenvalue weighted by atomic mass is 10.0. The van der Waals surface area contributed by atoms with Gasteiger partial charge >= 0.3 is 13.8 Å². The number of carbonyl (C=O) groups excluding carboxylic acids is 1. The van der Waals surface area contributed by atoms with Crippen LogP contribution in [0.1, 0.15) is 162 Å². The van der Waals surface area contributed by atoms with E-state index in [0.29, 0.717) is 13.0 Å². The molecule has 3 N–H and O–H groups in total. The summed E-state index contributed by atoms with van der Waals surface area (Å²) < 4.78 is 32.8. The van der Waals surface area contributed by atoms with Crippen molar-refractivity contribution < 1.29 is 32.8 Å². The van der Waals surface area contributed by atoms with Gasteiger partial charge in [0.1, 0.15) is 6.10 Å². The second-order valence-electron chi connectivity index (χ2n) is 11.4. The predicted molar refractivity (Wildman–Crippen MR) is 169 cm³/mol. The first-order valence-electron chi connectivity index (χ1n) is 17.0. The van der Waals surface area contributed by atoms with Gasteiger partial charge in [0, 0.05) is 19.6 Å². The molecule has 8 nitrogen and oxygen atoms in total. The van der Waals surface area contributed by atoms with Gasteiger partial charge in [0.05, 0.1) is 19.8 Å². The number of hydrogen-bond acceptors (Lipinski definition) is 7. The summed E-state index contributed by atoms with van der Waals surface area (Å²) in [4.78, 5) is 21.9. The zero-order chi connectivity index (χ0) is 30.3. The van der Waals surface area contributed by atoms with Crippen LogP contribution in [-0.2, 0) is 27.9 Å². The van der Waals surface area contributed by atoms with Crippen molar-refractivity contribution in [3.05, 3.63) is 0 Å². The molecular weight excluding hydrogens is 541 g/mol. The maximum atomic E-state index is 12.1. The van der Waals surface area contributed by atoms with Crippen molar-refractivity contribution in [1.82, 2.24) is 0 Å². The van der Waals surface area contributed by atoms with Crippen LogP contribution in [0, 0.1) is 0 Å². The Kier molecular flexibility index (Phi) is 30.6. The maximum absolute atomic E-state index is 12.1. The Hall–Kier alpha value is -0.500. The highest BCUT2D eigenvalue weighted by Gasteiger charge is 2.25. The molecule has 0 aromatic carbocycles. The van der Waals surface area contributed by atoms with Gasteiger partial charge in [-0.1, -0.05) is 142 Å². The van der Waals surface area contributed by atoms with E-state index in [1.54, 1.807) is 0 Å². The van der Waals surface area contributed by atoms with Gasteiger partial charge in [-0.2, -0.15) is 0 Å². The molecule has 0 fully saturated rings. The molecule has 0 aliphatic carbocycles. The number of carbonyl (C=O) groups is 1. The predicted octanol–water partition coefficient (Wildman–Crippen LogP) is 9.02. The molecule has 246 valence electrons. The third-order valence-corrected chi connectivity index (χ3v) is 8.26. The number of hydrogen-bond donors (Lipinski definition) is 2. The zero-order valence-corrected chi connectivity index (χ0v) is 27.7. The molecule has 2 unspecified atom stereocenters. The van der Waals surface area contributed by atoms with Crippen LogP contribution in [0.2, 0.25) is 0 Å². The second kappa shape index (κ2) is 30.9. The van der Waals surface area contributed by atoms with E-state index in [-0.39, 0.29) is 32.3 Å². The number of phosphoric ester groups is 1. The minimum atomic E-state index is -4.24. The van der Waals surface area contributed by atoms with Crippen molar-refractivity contribution >= 4 is 13.8 Å². The van der Waals surface area contributed by atoms with E-state index in [9.17, 15) is 14.3 Å². The van der Waals surface area contributed by atoms with Crippen molar-refractivity contribution in [3.63, 3.8) is 0 Å². The van der Waals surface area contributed by atoms with Crippen LogP contribution in [0.25, 0.3) is 0 Å². The minimum Gasteiger partial charge on any atom is -0.457 e. The number of phosphoric acid groups is 1. The first kappa shape index (κ1) is 40.5. The summed E-state index contributed by atoms with van der Waals surface area (Å²) in [6.07, 6.45) is 27.7. The summed E-state index contributed by atoms with van der Waals surface area (Å²) in [7, 11) is -4.24. The van der Waals surface area contributed by atoms with Gasteiger partial charge in [-0.3, -0.25) is 13.8 Å². The third kappa shape index (κ3) is 30.8. The fraction of sp³-hybridized carbons (Fsp3) is 0.969. The van der Waals surface area contributed by atoms with E-state index in [1.807, 2.05) is 0 Å². The highest BCUT2D eigenvalue weighted by Crippen LogP contribution is 2.43. The summed E-state index contributed by atoms with van der Waals surface area (Å²) in [5.74, 6) is -0.352. The topological polar surface area (TPSA) is 117 Å². The Morgan fingerprint density at radius 2 is 1.07 bits per heavy atom. The highest BCUT2D eigenvalue weighted by molar-refractivity contribution is 7.47. The summed E-state index contributed by atoms with van der Waals surface area (Å²) in [6.45, 7) is 4.77. The minimum absolute atomic E-state index is 0.0921. The summed E-state index contributed by atoms with van der Waals surface area (Å²) in [6, 6.07) is 0. The van der Waals surface area contributed by atoms with Crippen LogP contribution >= 0.6 is 7.82 Å². The Morgan fingerprint density at radius 1 is 0.634 bits per heavy atom. The average Bonchev–Trinajstić information content (AvgIpc) is 2.95. The van der Waals surface area contributed by atoms with Crippen molar-refractivity contribution in [2.75, 3.05) is 33.0 Å². The number of nitrogens with two attached hydrogens (primary N) is 1. The van der Waals surface area contributed by atoms with Crippen LogP contribution in [-0.4, -0.2) is 49.9 Å². The van der Waals surface area contributed by atoms with Crippen molar-refractivity contribution in [2.45, 2.75) is 168 Å². The first-order chi connectivity index (χ1) is 19.9. The van der Waals surface area contributed by atoms with Gasteiger partial charge in [-0.05, 0) is 12.8 Å². The van der Waals surface area contributed by atoms with Crippen LogP contribution in [0.5, 0.6) is 0 Å². The molecule has 2 atom stereocenters. The molecule has 0 radical (unpaired) electrons. The molecule has 0 rings (SSSR count). The lowest BCUT2D eigenvalue weighted by molar-refractivity contribution is -0.154. The van der Waals surface area contributed by atoms with Crippen molar-refractivity contribution in [1.29, 1.82) is 0 Å². The number of esters is 1. The molecule has 0 amide bonds. The molecule has 0 saturated carbocycles. The molecule has 0 bridgehead atoms. The van der Waals surface area contributed by atoms with Gasteiger partial charge in [0.2, 0.25) is 0 Å². The smallest absolute Gasteiger partial charge is 0.457 e. The van der Waals surface area contributed by atoms with Crippen LogP contribution in [0.3, 0.4) is 0 Å². The monoisotopic (exact) mass is 607 g/mol. The molecular formula is C32H66NO7P. The highest BCUT2D eigenvalue weighted by atomic mass is 31.2. The quantitative estimate of drug-likeness (QED) is 0.0431. The van der Waals surface area contributed by atoms with Gasteiger partial charge < -0.3 is 20.1 Å².